The van der Waals surface area contributed by atoms with Crippen LogP contribution in [0.1, 0.15) is 16.1 Å². The van der Waals surface area contributed by atoms with Crippen LogP contribution in [0.3, 0.4) is 0 Å². The third kappa shape index (κ3) is 5.21. The van der Waals surface area contributed by atoms with E-state index in [1.54, 1.807) is 30.5 Å². The Labute approximate surface area is 200 Å². The number of benzene rings is 2. The van der Waals surface area contributed by atoms with Gasteiger partial charge in [-0.05, 0) is 42.0 Å². The van der Waals surface area contributed by atoms with E-state index < -0.39 is 5.91 Å². The molecule has 0 atom stereocenters. The molecule has 2 aromatic heterocycles. The van der Waals surface area contributed by atoms with Crippen molar-refractivity contribution < 1.29 is 13.9 Å². The maximum atomic E-state index is 13.2. The number of aromatic nitrogens is 4. The summed E-state index contributed by atoms with van der Waals surface area (Å²) >= 11 is 14.8. The fraction of sp³-hybridized carbons (Fsp3) is 0.100. The molecule has 0 aliphatic carbocycles. The number of nitrogens with one attached hydrogen (secondary N) is 1. The smallest absolute Gasteiger partial charge is 0.281 e. The van der Waals surface area contributed by atoms with Crippen LogP contribution in [0.15, 0.2) is 53.0 Å². The molecule has 1 amide bonds. The van der Waals surface area contributed by atoms with E-state index >= 15 is 0 Å². The molecule has 2 aromatic carbocycles. The van der Waals surface area contributed by atoms with Crippen LogP contribution in [0.2, 0.25) is 10.0 Å². The Balaban J connectivity index is 1.44. The molecule has 0 saturated carbocycles. The van der Waals surface area contributed by atoms with Gasteiger partial charge in [0.25, 0.3) is 5.91 Å². The SMILES string of the molecule is COc1cn(-c2ccc(F)cc2)nc1C(=O)Nc1nnc(SCc2ccc(Cl)cc2Cl)s1. The number of ether oxygens (including phenoxy) is 1. The number of anilines is 1. The van der Waals surface area contributed by atoms with Gasteiger partial charge in [-0.1, -0.05) is 52.4 Å². The minimum atomic E-state index is -0.504. The number of carbonyl (C=O) groups excluding carboxylic acids is 1. The first-order valence-electron chi connectivity index (χ1n) is 9.04. The van der Waals surface area contributed by atoms with Gasteiger partial charge in [-0.2, -0.15) is 5.10 Å². The van der Waals surface area contributed by atoms with Crippen molar-refractivity contribution in [3.8, 4) is 11.4 Å². The first kappa shape index (κ1) is 22.5. The molecule has 0 unspecified atom stereocenters. The predicted octanol–water partition coefficient (Wildman–Crippen LogP) is 5.72. The zero-order chi connectivity index (χ0) is 22.7. The van der Waals surface area contributed by atoms with Crippen molar-refractivity contribution in [2.45, 2.75) is 10.1 Å². The second kappa shape index (κ2) is 9.86. The van der Waals surface area contributed by atoms with Gasteiger partial charge in [0.05, 0.1) is 19.0 Å². The molecule has 4 aromatic rings. The van der Waals surface area contributed by atoms with E-state index in [1.807, 2.05) is 6.07 Å². The van der Waals surface area contributed by atoms with Gasteiger partial charge in [-0.15, -0.1) is 10.2 Å². The van der Waals surface area contributed by atoms with Gasteiger partial charge in [0.15, 0.2) is 15.8 Å². The molecular weight excluding hydrogens is 496 g/mol. The topological polar surface area (TPSA) is 81.9 Å². The zero-order valence-corrected chi connectivity index (χ0v) is 19.5. The number of thioether (sulfide) groups is 1. The van der Waals surface area contributed by atoms with Crippen molar-refractivity contribution in [2.24, 2.45) is 0 Å². The summed E-state index contributed by atoms with van der Waals surface area (Å²) in [4.78, 5) is 12.7. The number of amides is 1. The Bertz CT molecular complexity index is 1260. The third-order valence-corrected chi connectivity index (χ3v) is 6.81. The fourth-order valence-corrected chi connectivity index (χ4v) is 4.95. The summed E-state index contributed by atoms with van der Waals surface area (Å²) in [6, 6.07) is 11.0. The van der Waals surface area contributed by atoms with E-state index in [-0.39, 0.29) is 17.3 Å². The summed E-state index contributed by atoms with van der Waals surface area (Å²) in [6.45, 7) is 0. The third-order valence-electron chi connectivity index (χ3n) is 4.20. The summed E-state index contributed by atoms with van der Waals surface area (Å²) in [5, 5.41) is 16.5. The van der Waals surface area contributed by atoms with Crippen molar-refractivity contribution in [1.29, 1.82) is 0 Å². The Kier molecular flexibility index (Phi) is 6.95. The van der Waals surface area contributed by atoms with Gasteiger partial charge in [-0.3, -0.25) is 10.1 Å². The van der Waals surface area contributed by atoms with Crippen LogP contribution in [0, 0.1) is 5.82 Å². The average molecular weight is 510 g/mol. The quantitative estimate of drug-likeness (QED) is 0.253. The molecule has 12 heteroatoms. The maximum absolute atomic E-state index is 13.2. The molecule has 0 bridgehead atoms. The van der Waals surface area contributed by atoms with Crippen molar-refractivity contribution >= 4 is 57.3 Å². The van der Waals surface area contributed by atoms with Gasteiger partial charge < -0.3 is 4.74 Å². The van der Waals surface area contributed by atoms with E-state index in [0.29, 0.717) is 31.0 Å². The van der Waals surface area contributed by atoms with E-state index in [0.717, 1.165) is 5.56 Å². The van der Waals surface area contributed by atoms with E-state index in [1.165, 1.54) is 47.0 Å². The lowest BCUT2D eigenvalue weighted by Gasteiger charge is -2.02. The fourth-order valence-electron chi connectivity index (χ4n) is 2.64. The summed E-state index contributed by atoms with van der Waals surface area (Å²) in [5.74, 6) is -0.0253. The molecule has 0 saturated heterocycles. The lowest BCUT2D eigenvalue weighted by atomic mass is 10.2. The number of hydrogen-bond donors (Lipinski definition) is 1. The van der Waals surface area contributed by atoms with Gasteiger partial charge in [-0.25, -0.2) is 9.07 Å². The van der Waals surface area contributed by atoms with Crippen molar-refractivity contribution in [3.63, 3.8) is 0 Å². The lowest BCUT2D eigenvalue weighted by molar-refractivity contribution is 0.101. The average Bonchev–Trinajstić information content (AvgIpc) is 3.40. The minimum absolute atomic E-state index is 0.0641. The summed E-state index contributed by atoms with van der Waals surface area (Å²) in [5.41, 5.74) is 1.56. The van der Waals surface area contributed by atoms with Crippen LogP contribution < -0.4 is 10.1 Å². The molecular formula is C20H14Cl2FN5O2S2. The van der Waals surface area contributed by atoms with Gasteiger partial charge in [0.1, 0.15) is 5.82 Å². The van der Waals surface area contributed by atoms with Crippen LogP contribution in [0.4, 0.5) is 9.52 Å². The Morgan fingerprint density at radius 1 is 1.22 bits per heavy atom. The maximum Gasteiger partial charge on any atom is 0.281 e. The molecule has 0 spiro atoms. The Morgan fingerprint density at radius 3 is 2.72 bits per heavy atom. The van der Waals surface area contributed by atoms with E-state index in [9.17, 15) is 9.18 Å². The van der Waals surface area contributed by atoms with Crippen molar-refractivity contribution in [3.05, 3.63) is 75.8 Å². The molecule has 7 nitrogen and oxygen atoms in total. The largest absolute Gasteiger partial charge is 0.493 e. The van der Waals surface area contributed by atoms with Gasteiger partial charge >= 0.3 is 0 Å². The van der Waals surface area contributed by atoms with Gasteiger partial charge in [0.2, 0.25) is 5.13 Å². The highest BCUT2D eigenvalue weighted by Crippen LogP contribution is 2.32. The van der Waals surface area contributed by atoms with Crippen LogP contribution in [0.5, 0.6) is 5.75 Å². The number of rotatable bonds is 7. The standard InChI is InChI=1S/C20H14Cl2FN5O2S2/c1-30-16-9-28(14-6-4-13(23)5-7-14)27-17(16)18(29)24-19-25-26-20(32-19)31-10-11-2-3-12(21)8-15(11)22/h2-9H,10H2,1H3,(H,24,25,29). The molecule has 0 fully saturated rings. The first-order valence-corrected chi connectivity index (χ1v) is 11.6. The van der Waals surface area contributed by atoms with E-state index in [4.69, 9.17) is 27.9 Å². The molecule has 164 valence electrons. The molecule has 0 aliphatic heterocycles. The molecule has 1 N–H and O–H groups in total. The lowest BCUT2D eigenvalue weighted by Crippen LogP contribution is -2.14. The van der Waals surface area contributed by atoms with Gasteiger partial charge in [0, 0.05) is 15.8 Å². The minimum Gasteiger partial charge on any atom is -0.493 e. The monoisotopic (exact) mass is 509 g/mol. The number of nitrogens with zero attached hydrogens (tertiary/aromatic N) is 4. The number of halogens is 3. The van der Waals surface area contributed by atoms with Crippen LogP contribution >= 0.6 is 46.3 Å². The zero-order valence-electron chi connectivity index (χ0n) is 16.4. The Morgan fingerprint density at radius 2 is 2.00 bits per heavy atom. The highest BCUT2D eigenvalue weighted by Gasteiger charge is 2.20. The number of carbonyl (C=O) groups is 1. The first-order chi connectivity index (χ1) is 15.4. The Hall–Kier alpha value is -2.66. The highest BCUT2D eigenvalue weighted by molar-refractivity contribution is 8.00. The van der Waals surface area contributed by atoms with Crippen LogP contribution in [0.25, 0.3) is 5.69 Å². The molecule has 2 heterocycles. The molecule has 4 rings (SSSR count). The van der Waals surface area contributed by atoms with Crippen molar-refractivity contribution in [1.82, 2.24) is 20.0 Å². The summed E-state index contributed by atoms with van der Waals surface area (Å²) in [7, 11) is 1.43. The second-order valence-corrected chi connectivity index (χ2v) is 9.36. The van der Waals surface area contributed by atoms with Crippen LogP contribution in [-0.2, 0) is 5.75 Å². The predicted molar refractivity (Wildman–Crippen MR) is 124 cm³/mol. The number of methoxy groups -OCH3 is 1. The van der Waals surface area contributed by atoms with Crippen LogP contribution in [-0.4, -0.2) is 33.0 Å². The second-order valence-electron chi connectivity index (χ2n) is 6.32. The molecule has 0 radical (unpaired) electrons. The number of hydrogen-bond acceptors (Lipinski definition) is 7. The highest BCUT2D eigenvalue weighted by atomic mass is 35.5. The summed E-state index contributed by atoms with van der Waals surface area (Å²) in [6.07, 6.45) is 1.54. The normalized spacial score (nSPS) is 10.9. The molecule has 0 aliphatic rings. The molecule has 32 heavy (non-hydrogen) atoms. The van der Waals surface area contributed by atoms with Crippen molar-refractivity contribution in [2.75, 3.05) is 12.4 Å². The summed E-state index contributed by atoms with van der Waals surface area (Å²) < 4.78 is 20.5. The van der Waals surface area contributed by atoms with E-state index in [2.05, 4.69) is 20.6 Å².